The second-order valence-electron chi connectivity index (χ2n) is 9.15. The summed E-state index contributed by atoms with van der Waals surface area (Å²) in [6, 6.07) is 0.398. The van der Waals surface area contributed by atoms with Gasteiger partial charge in [0.25, 0.3) is 0 Å². The molecule has 0 aliphatic heterocycles. The van der Waals surface area contributed by atoms with Gasteiger partial charge in [0.05, 0.1) is 12.2 Å². The van der Waals surface area contributed by atoms with Crippen molar-refractivity contribution in [2.45, 2.75) is 103 Å². The first-order chi connectivity index (χ1) is 9.91. The van der Waals surface area contributed by atoms with Crippen LogP contribution in [-0.4, -0.2) is 18.2 Å². The highest BCUT2D eigenvalue weighted by molar-refractivity contribution is 5.07. The van der Waals surface area contributed by atoms with E-state index in [4.69, 9.17) is 10.5 Å². The molecule has 3 saturated carbocycles. The molecule has 0 heterocycles. The van der Waals surface area contributed by atoms with Crippen LogP contribution >= 0.6 is 0 Å². The normalized spacial score (nSPS) is 42.3. The van der Waals surface area contributed by atoms with Crippen molar-refractivity contribution in [2.75, 3.05) is 0 Å². The van der Waals surface area contributed by atoms with Crippen LogP contribution in [0.4, 0.5) is 0 Å². The molecule has 0 bridgehead atoms. The Kier molecular flexibility index (Phi) is 4.40. The zero-order valence-electron chi connectivity index (χ0n) is 14.4. The lowest BCUT2D eigenvalue weighted by Gasteiger charge is -2.56. The van der Waals surface area contributed by atoms with Gasteiger partial charge in [0, 0.05) is 11.5 Å². The van der Waals surface area contributed by atoms with Crippen molar-refractivity contribution in [2.24, 2.45) is 22.5 Å². The quantitative estimate of drug-likeness (QED) is 0.803. The van der Waals surface area contributed by atoms with Gasteiger partial charge in [0.15, 0.2) is 0 Å². The topological polar surface area (TPSA) is 35.2 Å². The summed E-state index contributed by atoms with van der Waals surface area (Å²) in [6.07, 6.45) is 14.0. The Hall–Kier alpha value is -0.0800. The number of hydrogen-bond acceptors (Lipinski definition) is 2. The highest BCUT2D eigenvalue weighted by Crippen LogP contribution is 2.53. The molecule has 3 fully saturated rings. The van der Waals surface area contributed by atoms with Gasteiger partial charge in [0.2, 0.25) is 0 Å². The van der Waals surface area contributed by atoms with Crippen LogP contribution in [0.25, 0.3) is 0 Å². The maximum absolute atomic E-state index is 6.67. The minimum atomic E-state index is 0.335. The van der Waals surface area contributed by atoms with E-state index in [-0.39, 0.29) is 0 Å². The van der Waals surface area contributed by atoms with Crippen LogP contribution in [0.15, 0.2) is 0 Å². The van der Waals surface area contributed by atoms with Gasteiger partial charge in [0.1, 0.15) is 0 Å². The third-order valence-corrected chi connectivity index (χ3v) is 6.59. The molecule has 1 spiro atoms. The molecule has 122 valence electrons. The maximum atomic E-state index is 6.67. The molecule has 4 atom stereocenters. The van der Waals surface area contributed by atoms with E-state index in [0.29, 0.717) is 29.1 Å². The summed E-state index contributed by atoms with van der Waals surface area (Å²) >= 11 is 0. The minimum Gasteiger partial charge on any atom is -0.374 e. The molecule has 2 nitrogen and oxygen atoms in total. The van der Waals surface area contributed by atoms with Crippen molar-refractivity contribution >= 4 is 0 Å². The summed E-state index contributed by atoms with van der Waals surface area (Å²) in [5.41, 5.74) is 7.24. The van der Waals surface area contributed by atoms with Crippen molar-refractivity contribution in [1.82, 2.24) is 0 Å². The third-order valence-electron chi connectivity index (χ3n) is 6.59. The Morgan fingerprint density at radius 1 is 0.952 bits per heavy atom. The highest BCUT2D eigenvalue weighted by Gasteiger charge is 2.54. The van der Waals surface area contributed by atoms with Crippen LogP contribution in [0.5, 0.6) is 0 Å². The van der Waals surface area contributed by atoms with Gasteiger partial charge < -0.3 is 10.5 Å². The van der Waals surface area contributed by atoms with Gasteiger partial charge in [-0.1, -0.05) is 46.5 Å². The molecule has 21 heavy (non-hydrogen) atoms. The molecule has 2 heteroatoms. The molecular weight excluding hydrogens is 258 g/mol. The van der Waals surface area contributed by atoms with Crippen molar-refractivity contribution in [1.29, 1.82) is 0 Å². The van der Waals surface area contributed by atoms with Gasteiger partial charge in [-0.15, -0.1) is 0 Å². The summed E-state index contributed by atoms with van der Waals surface area (Å²) in [6.45, 7) is 7.21. The molecule has 3 aliphatic rings. The van der Waals surface area contributed by atoms with E-state index in [1.807, 2.05) is 0 Å². The van der Waals surface area contributed by atoms with E-state index < -0.39 is 0 Å². The molecule has 4 unspecified atom stereocenters. The monoisotopic (exact) mass is 293 g/mol. The lowest BCUT2D eigenvalue weighted by atomic mass is 9.58. The van der Waals surface area contributed by atoms with Gasteiger partial charge in [-0.2, -0.15) is 0 Å². The van der Waals surface area contributed by atoms with Crippen LogP contribution in [0, 0.1) is 16.7 Å². The van der Waals surface area contributed by atoms with Crippen molar-refractivity contribution in [3.63, 3.8) is 0 Å². The molecule has 2 N–H and O–H groups in total. The molecule has 0 saturated heterocycles. The van der Waals surface area contributed by atoms with Crippen LogP contribution in [0.2, 0.25) is 0 Å². The molecule has 0 aromatic rings. The van der Waals surface area contributed by atoms with E-state index >= 15 is 0 Å². The summed E-state index contributed by atoms with van der Waals surface area (Å²) in [5.74, 6) is 0.803. The lowest BCUT2D eigenvalue weighted by Crippen LogP contribution is -2.63. The SMILES string of the molecule is CC1CC(OC2CC(N)C23CCCCCC3)CC(C)(C)C1. The zero-order chi connectivity index (χ0) is 15.1. The third kappa shape index (κ3) is 3.17. The Morgan fingerprint density at radius 2 is 1.62 bits per heavy atom. The van der Waals surface area contributed by atoms with Crippen LogP contribution in [0.3, 0.4) is 0 Å². The molecule has 3 aliphatic carbocycles. The van der Waals surface area contributed by atoms with Gasteiger partial charge in [-0.3, -0.25) is 0 Å². The first-order valence-corrected chi connectivity index (χ1v) is 9.32. The van der Waals surface area contributed by atoms with Crippen molar-refractivity contribution in [3.05, 3.63) is 0 Å². The molecule has 3 rings (SSSR count). The van der Waals surface area contributed by atoms with E-state index in [9.17, 15) is 0 Å². The highest BCUT2D eigenvalue weighted by atomic mass is 16.5. The predicted molar refractivity (Wildman–Crippen MR) is 88.2 cm³/mol. The second kappa shape index (κ2) is 5.85. The van der Waals surface area contributed by atoms with Crippen molar-refractivity contribution < 1.29 is 4.74 Å². The summed E-state index contributed by atoms with van der Waals surface area (Å²) in [5, 5.41) is 0. The standard InChI is InChI=1S/C19H35NO/c1-14-10-15(13-18(2,3)12-14)21-17-11-16(20)19(17)8-6-4-5-7-9-19/h14-17H,4-13,20H2,1-3H3. The largest absolute Gasteiger partial charge is 0.374 e. The molecule has 0 aromatic carbocycles. The molecule has 0 radical (unpaired) electrons. The maximum Gasteiger partial charge on any atom is 0.0664 e. The van der Waals surface area contributed by atoms with Crippen LogP contribution in [-0.2, 0) is 4.74 Å². The zero-order valence-corrected chi connectivity index (χ0v) is 14.4. The summed E-state index contributed by atoms with van der Waals surface area (Å²) in [7, 11) is 0. The van der Waals surface area contributed by atoms with Crippen LogP contribution < -0.4 is 5.73 Å². The second-order valence-corrected chi connectivity index (χ2v) is 9.15. The number of nitrogens with two attached hydrogens (primary N) is 1. The average Bonchev–Trinajstić information content (AvgIpc) is 2.63. The Morgan fingerprint density at radius 3 is 2.19 bits per heavy atom. The van der Waals surface area contributed by atoms with Crippen LogP contribution in [0.1, 0.15) is 85.0 Å². The number of rotatable bonds is 2. The first-order valence-electron chi connectivity index (χ1n) is 9.32. The summed E-state index contributed by atoms with van der Waals surface area (Å²) in [4.78, 5) is 0. The fourth-order valence-corrected chi connectivity index (χ4v) is 5.64. The van der Waals surface area contributed by atoms with Gasteiger partial charge in [-0.05, 0) is 49.9 Å². The van der Waals surface area contributed by atoms with Crippen molar-refractivity contribution in [3.8, 4) is 0 Å². The fraction of sp³-hybridized carbons (Fsp3) is 1.00. The van der Waals surface area contributed by atoms with Gasteiger partial charge >= 0.3 is 0 Å². The number of hydrogen-bond donors (Lipinski definition) is 1. The van der Waals surface area contributed by atoms with E-state index in [2.05, 4.69) is 20.8 Å². The van der Waals surface area contributed by atoms with E-state index in [1.54, 1.807) is 0 Å². The van der Waals surface area contributed by atoms with Gasteiger partial charge in [-0.25, -0.2) is 0 Å². The summed E-state index contributed by atoms with van der Waals surface area (Å²) < 4.78 is 6.67. The minimum absolute atomic E-state index is 0.335. The predicted octanol–water partition coefficient (Wildman–Crippen LogP) is 4.66. The lowest BCUT2D eigenvalue weighted by molar-refractivity contribution is -0.178. The van der Waals surface area contributed by atoms with E-state index in [1.165, 1.54) is 57.8 Å². The molecule has 0 amide bonds. The number of ether oxygens (including phenoxy) is 1. The Labute approximate surface area is 131 Å². The average molecular weight is 293 g/mol. The Bertz CT molecular complexity index is 357. The molecule has 0 aromatic heterocycles. The first kappa shape index (κ1) is 15.8. The fourth-order valence-electron chi connectivity index (χ4n) is 5.64. The Balaban J connectivity index is 1.64. The van der Waals surface area contributed by atoms with E-state index in [0.717, 1.165) is 12.3 Å². The molecular formula is C19H35NO. The smallest absolute Gasteiger partial charge is 0.0664 e.